The highest BCUT2D eigenvalue weighted by atomic mass is 16.5. The van der Waals surface area contributed by atoms with Crippen molar-refractivity contribution < 1.29 is 19.4 Å². The number of carboxylic acids is 1. The van der Waals surface area contributed by atoms with Crippen LogP contribution in [0.2, 0.25) is 0 Å². The first-order chi connectivity index (χ1) is 11.6. The number of carbonyl (C=O) groups is 2. The molecule has 6 nitrogen and oxygen atoms in total. The van der Waals surface area contributed by atoms with Gasteiger partial charge in [-0.25, -0.2) is 9.59 Å². The van der Waals surface area contributed by atoms with Gasteiger partial charge in [0.15, 0.2) is 0 Å². The number of carboxylic acid groups (broad SMARTS) is 1. The fourth-order valence-corrected chi connectivity index (χ4v) is 2.84. The lowest BCUT2D eigenvalue weighted by molar-refractivity contribution is 0.00945. The molecule has 1 aliphatic heterocycles. The molecule has 1 saturated carbocycles. The van der Waals surface area contributed by atoms with Gasteiger partial charge in [-0.05, 0) is 49.3 Å². The fourth-order valence-electron chi connectivity index (χ4n) is 2.84. The van der Waals surface area contributed by atoms with E-state index >= 15 is 0 Å². The zero-order valence-corrected chi connectivity index (χ0v) is 13.7. The maximum atomic E-state index is 12.2. The minimum atomic E-state index is -0.947. The highest BCUT2D eigenvalue weighted by Crippen LogP contribution is 2.30. The van der Waals surface area contributed by atoms with Crippen LogP contribution in [0.15, 0.2) is 24.3 Å². The first kappa shape index (κ1) is 16.8. The van der Waals surface area contributed by atoms with Crippen LogP contribution in [0.4, 0.5) is 4.79 Å². The quantitative estimate of drug-likeness (QED) is 0.839. The van der Waals surface area contributed by atoms with E-state index in [0.29, 0.717) is 12.6 Å². The second-order valence-corrected chi connectivity index (χ2v) is 6.62. The van der Waals surface area contributed by atoms with Gasteiger partial charge >= 0.3 is 12.0 Å². The van der Waals surface area contributed by atoms with Crippen molar-refractivity contribution in [3.63, 3.8) is 0 Å². The Morgan fingerprint density at radius 2 is 1.79 bits per heavy atom. The van der Waals surface area contributed by atoms with Crippen LogP contribution in [0, 0.1) is 5.92 Å². The summed E-state index contributed by atoms with van der Waals surface area (Å²) in [5.41, 5.74) is 1.13. The summed E-state index contributed by atoms with van der Waals surface area (Å²) in [6.45, 7) is 2.72. The number of benzene rings is 1. The van der Waals surface area contributed by atoms with Crippen molar-refractivity contribution in [2.24, 2.45) is 5.92 Å². The summed E-state index contributed by atoms with van der Waals surface area (Å²) >= 11 is 0. The molecule has 1 aromatic carbocycles. The third kappa shape index (κ3) is 4.71. The second-order valence-electron chi connectivity index (χ2n) is 6.62. The number of rotatable bonds is 6. The molecule has 2 aliphatic rings. The third-order valence-corrected chi connectivity index (χ3v) is 4.64. The van der Waals surface area contributed by atoms with Crippen molar-refractivity contribution in [3.8, 4) is 0 Å². The summed E-state index contributed by atoms with van der Waals surface area (Å²) < 4.78 is 5.89. The molecule has 0 unspecified atom stereocenters. The predicted molar refractivity (Wildman–Crippen MR) is 88.9 cm³/mol. The van der Waals surface area contributed by atoms with Crippen molar-refractivity contribution in [2.45, 2.75) is 38.3 Å². The van der Waals surface area contributed by atoms with Gasteiger partial charge in [0, 0.05) is 26.2 Å². The number of ether oxygens (including phenoxy) is 1. The Labute approximate surface area is 141 Å². The smallest absolute Gasteiger partial charge is 0.335 e. The number of amides is 2. The minimum Gasteiger partial charge on any atom is -0.478 e. The van der Waals surface area contributed by atoms with Gasteiger partial charge in [0.1, 0.15) is 0 Å². The van der Waals surface area contributed by atoms with Gasteiger partial charge in [0.2, 0.25) is 0 Å². The molecule has 0 spiro atoms. The van der Waals surface area contributed by atoms with Crippen LogP contribution in [-0.2, 0) is 11.3 Å². The van der Waals surface area contributed by atoms with Gasteiger partial charge in [-0.3, -0.25) is 0 Å². The molecule has 1 aliphatic carbocycles. The molecule has 0 bridgehead atoms. The summed E-state index contributed by atoms with van der Waals surface area (Å²) in [4.78, 5) is 24.8. The van der Waals surface area contributed by atoms with Crippen LogP contribution in [0.3, 0.4) is 0 Å². The number of urea groups is 1. The van der Waals surface area contributed by atoms with E-state index in [0.717, 1.165) is 44.0 Å². The summed E-state index contributed by atoms with van der Waals surface area (Å²) in [6, 6.07) is 6.47. The molecule has 0 atom stereocenters. The minimum absolute atomic E-state index is 0.0713. The van der Waals surface area contributed by atoms with E-state index in [9.17, 15) is 9.59 Å². The SMILES string of the molecule is O=C(O)c1ccc(CNC(=O)N2CCC(OCC3CC3)CC2)cc1. The van der Waals surface area contributed by atoms with E-state index < -0.39 is 5.97 Å². The van der Waals surface area contributed by atoms with E-state index in [1.54, 1.807) is 24.3 Å². The summed E-state index contributed by atoms with van der Waals surface area (Å²) in [5.74, 6) is -0.170. The number of piperidine rings is 1. The van der Waals surface area contributed by atoms with Gasteiger partial charge in [0.25, 0.3) is 0 Å². The molecule has 1 saturated heterocycles. The van der Waals surface area contributed by atoms with Crippen LogP contribution < -0.4 is 5.32 Å². The highest BCUT2D eigenvalue weighted by molar-refractivity contribution is 5.87. The van der Waals surface area contributed by atoms with E-state index in [1.165, 1.54) is 12.8 Å². The molecular formula is C18H24N2O4. The van der Waals surface area contributed by atoms with Crippen molar-refractivity contribution in [1.29, 1.82) is 0 Å². The Hall–Kier alpha value is -2.08. The number of hydrogen-bond acceptors (Lipinski definition) is 3. The van der Waals surface area contributed by atoms with E-state index in [2.05, 4.69) is 5.32 Å². The largest absolute Gasteiger partial charge is 0.478 e. The molecule has 1 aromatic rings. The molecule has 2 amide bonds. The Morgan fingerprint density at radius 1 is 1.12 bits per heavy atom. The van der Waals surface area contributed by atoms with Crippen molar-refractivity contribution in [3.05, 3.63) is 35.4 Å². The van der Waals surface area contributed by atoms with Crippen LogP contribution in [0.1, 0.15) is 41.6 Å². The van der Waals surface area contributed by atoms with Gasteiger partial charge < -0.3 is 20.1 Å². The fraction of sp³-hybridized carbons (Fsp3) is 0.556. The Kier molecular flexibility index (Phi) is 5.35. The zero-order valence-electron chi connectivity index (χ0n) is 13.7. The summed E-state index contributed by atoms with van der Waals surface area (Å²) in [7, 11) is 0. The van der Waals surface area contributed by atoms with Gasteiger partial charge in [0.05, 0.1) is 11.7 Å². The third-order valence-electron chi connectivity index (χ3n) is 4.64. The average Bonchev–Trinajstić information content (AvgIpc) is 3.43. The molecule has 2 fully saturated rings. The first-order valence-corrected chi connectivity index (χ1v) is 8.58. The number of nitrogens with zero attached hydrogens (tertiary/aromatic N) is 1. The number of hydrogen-bond donors (Lipinski definition) is 2. The molecule has 0 aromatic heterocycles. The van der Waals surface area contributed by atoms with Gasteiger partial charge in [-0.1, -0.05) is 12.1 Å². The summed E-state index contributed by atoms with van der Waals surface area (Å²) in [5, 5.41) is 11.8. The van der Waals surface area contributed by atoms with Crippen LogP contribution in [0.5, 0.6) is 0 Å². The van der Waals surface area contributed by atoms with E-state index in [4.69, 9.17) is 9.84 Å². The van der Waals surface area contributed by atoms with E-state index in [-0.39, 0.29) is 11.6 Å². The molecule has 2 N–H and O–H groups in total. The summed E-state index contributed by atoms with van der Waals surface area (Å²) in [6.07, 6.45) is 4.68. The number of likely N-dealkylation sites (tertiary alicyclic amines) is 1. The first-order valence-electron chi connectivity index (χ1n) is 8.58. The number of carbonyl (C=O) groups excluding carboxylic acids is 1. The molecule has 1 heterocycles. The Bertz CT molecular complexity index is 575. The van der Waals surface area contributed by atoms with Gasteiger partial charge in [-0.15, -0.1) is 0 Å². The normalized spacial score (nSPS) is 18.4. The second kappa shape index (κ2) is 7.66. The number of nitrogens with one attached hydrogen (secondary N) is 1. The Morgan fingerprint density at radius 3 is 2.38 bits per heavy atom. The van der Waals surface area contributed by atoms with Crippen molar-refractivity contribution in [1.82, 2.24) is 10.2 Å². The van der Waals surface area contributed by atoms with Crippen LogP contribution >= 0.6 is 0 Å². The molecule has 0 radical (unpaired) electrons. The molecule has 130 valence electrons. The van der Waals surface area contributed by atoms with Crippen molar-refractivity contribution in [2.75, 3.05) is 19.7 Å². The average molecular weight is 332 g/mol. The molecular weight excluding hydrogens is 308 g/mol. The standard InChI is InChI=1S/C18H24N2O4/c21-17(22)15-5-3-13(4-6-15)11-19-18(23)20-9-7-16(8-10-20)24-12-14-1-2-14/h3-6,14,16H,1-2,7-12H2,(H,19,23)(H,21,22). The number of aromatic carboxylic acids is 1. The molecule has 6 heteroatoms. The maximum absolute atomic E-state index is 12.2. The van der Waals surface area contributed by atoms with Crippen LogP contribution in [-0.4, -0.2) is 47.8 Å². The lowest BCUT2D eigenvalue weighted by Gasteiger charge is -2.32. The predicted octanol–water partition coefficient (Wildman–Crippen LogP) is 2.49. The van der Waals surface area contributed by atoms with Crippen LogP contribution in [0.25, 0.3) is 0 Å². The highest BCUT2D eigenvalue weighted by Gasteiger charge is 2.26. The molecule has 24 heavy (non-hydrogen) atoms. The Balaban J connectivity index is 1.38. The lowest BCUT2D eigenvalue weighted by Crippen LogP contribution is -2.45. The molecule has 3 rings (SSSR count). The van der Waals surface area contributed by atoms with Crippen molar-refractivity contribution >= 4 is 12.0 Å². The monoisotopic (exact) mass is 332 g/mol. The topological polar surface area (TPSA) is 78.9 Å². The maximum Gasteiger partial charge on any atom is 0.335 e. The lowest BCUT2D eigenvalue weighted by atomic mass is 10.1. The zero-order chi connectivity index (χ0) is 16.9. The van der Waals surface area contributed by atoms with E-state index in [1.807, 2.05) is 4.90 Å². The van der Waals surface area contributed by atoms with Gasteiger partial charge in [-0.2, -0.15) is 0 Å².